The molecule has 0 aromatic carbocycles. The Labute approximate surface area is 175 Å². The standard InChI is InChI=1S/C19H31FN4O6/c1-28-11-14-16(29-2)19(20,12-30-14)24-10-13(17(26)23-18(24)27)6-7-15(25)22-9-5-3-4-8-21/h6-7,10,14,16,18,27H,3-5,8-9,11-12,21H2,1-2H3,(H,22,25)(H,23,26)/b7-6+/t14-,16-,18?,19-/m1/s1. The van der Waals surface area contributed by atoms with Gasteiger partial charge in [-0.25, -0.2) is 4.39 Å². The molecule has 2 aliphatic rings. The highest BCUT2D eigenvalue weighted by Gasteiger charge is 2.57. The molecule has 0 aromatic rings. The van der Waals surface area contributed by atoms with Crippen LogP contribution in [0.15, 0.2) is 23.9 Å². The Morgan fingerprint density at radius 1 is 1.50 bits per heavy atom. The number of amides is 2. The first kappa shape index (κ1) is 24.2. The average molecular weight is 430 g/mol. The molecule has 0 saturated carbocycles. The number of ether oxygens (including phenoxy) is 3. The van der Waals surface area contributed by atoms with Gasteiger partial charge in [0.05, 0.1) is 12.2 Å². The maximum absolute atomic E-state index is 15.8. The molecule has 2 amide bonds. The van der Waals surface area contributed by atoms with Crippen LogP contribution in [0, 0.1) is 0 Å². The number of carbonyl (C=O) groups excluding carboxylic acids is 2. The molecule has 0 aromatic heterocycles. The van der Waals surface area contributed by atoms with E-state index >= 15 is 4.39 Å². The van der Waals surface area contributed by atoms with Crippen LogP contribution in [0.1, 0.15) is 19.3 Å². The third-order valence-corrected chi connectivity index (χ3v) is 4.95. The second kappa shape index (κ2) is 11.4. The molecule has 0 bridgehead atoms. The smallest absolute Gasteiger partial charge is 0.256 e. The highest BCUT2D eigenvalue weighted by atomic mass is 19.1. The van der Waals surface area contributed by atoms with Crippen molar-refractivity contribution in [3.8, 4) is 0 Å². The fourth-order valence-electron chi connectivity index (χ4n) is 3.39. The lowest BCUT2D eigenvalue weighted by Gasteiger charge is -2.41. The molecule has 1 unspecified atom stereocenters. The van der Waals surface area contributed by atoms with Crippen LogP contribution in [0.2, 0.25) is 0 Å². The largest absolute Gasteiger partial charge is 0.382 e. The quantitative estimate of drug-likeness (QED) is 0.188. The average Bonchev–Trinajstić information content (AvgIpc) is 3.03. The summed E-state index contributed by atoms with van der Waals surface area (Å²) in [6.45, 7) is 0.795. The van der Waals surface area contributed by atoms with Crippen molar-refractivity contribution in [3.63, 3.8) is 0 Å². The van der Waals surface area contributed by atoms with Gasteiger partial charge < -0.3 is 35.7 Å². The van der Waals surface area contributed by atoms with E-state index in [2.05, 4.69) is 10.6 Å². The number of hydrogen-bond acceptors (Lipinski definition) is 8. The lowest BCUT2D eigenvalue weighted by Crippen LogP contribution is -2.63. The van der Waals surface area contributed by atoms with Crippen LogP contribution in [0.4, 0.5) is 4.39 Å². The van der Waals surface area contributed by atoms with Crippen LogP contribution < -0.4 is 16.4 Å². The second-order valence-corrected chi connectivity index (χ2v) is 7.09. The third kappa shape index (κ3) is 5.76. The normalized spacial score (nSPS) is 29.2. The van der Waals surface area contributed by atoms with Crippen molar-refractivity contribution >= 4 is 11.8 Å². The Bertz CT molecular complexity index is 661. The molecule has 30 heavy (non-hydrogen) atoms. The monoisotopic (exact) mass is 430 g/mol. The zero-order chi connectivity index (χ0) is 22.1. The van der Waals surface area contributed by atoms with Crippen molar-refractivity contribution < 1.29 is 33.3 Å². The predicted octanol–water partition coefficient (Wildman–Crippen LogP) is -0.895. The molecule has 170 valence electrons. The van der Waals surface area contributed by atoms with Gasteiger partial charge in [0.15, 0.2) is 0 Å². The van der Waals surface area contributed by atoms with Crippen LogP contribution in [-0.4, -0.2) is 86.7 Å². The van der Waals surface area contributed by atoms with Crippen molar-refractivity contribution in [2.75, 3.05) is 40.5 Å². The number of carbonyl (C=O) groups is 2. The molecule has 0 radical (unpaired) electrons. The van der Waals surface area contributed by atoms with E-state index in [4.69, 9.17) is 19.9 Å². The molecular weight excluding hydrogens is 399 g/mol. The van der Waals surface area contributed by atoms with E-state index in [1.807, 2.05) is 0 Å². The van der Waals surface area contributed by atoms with E-state index in [-0.39, 0.29) is 18.1 Å². The Hall–Kier alpha value is -2.05. The SMILES string of the molecule is COC[C@H]1OC[C@@](F)(N2C=C(/C=C/C(=O)NCCCCCN)C(=O)NC2O)[C@@H]1OC. The second-order valence-electron chi connectivity index (χ2n) is 7.09. The molecule has 2 heterocycles. The first-order valence-electron chi connectivity index (χ1n) is 9.84. The zero-order valence-electron chi connectivity index (χ0n) is 17.3. The molecule has 4 atom stereocenters. The maximum atomic E-state index is 15.8. The Morgan fingerprint density at radius 3 is 2.93 bits per heavy atom. The number of unbranched alkanes of at least 4 members (excludes halogenated alkanes) is 2. The van der Waals surface area contributed by atoms with E-state index in [9.17, 15) is 14.7 Å². The van der Waals surface area contributed by atoms with E-state index in [0.717, 1.165) is 30.4 Å². The van der Waals surface area contributed by atoms with Gasteiger partial charge in [-0.05, 0) is 25.5 Å². The van der Waals surface area contributed by atoms with Crippen molar-refractivity contribution in [2.45, 2.75) is 43.6 Å². The minimum absolute atomic E-state index is 0.000603. The minimum Gasteiger partial charge on any atom is -0.382 e. The van der Waals surface area contributed by atoms with Gasteiger partial charge in [0, 0.05) is 33.0 Å². The van der Waals surface area contributed by atoms with Crippen LogP contribution in [0.3, 0.4) is 0 Å². The number of hydrogen-bond donors (Lipinski definition) is 4. The van der Waals surface area contributed by atoms with Gasteiger partial charge in [-0.15, -0.1) is 0 Å². The Balaban J connectivity index is 2.09. The van der Waals surface area contributed by atoms with Crippen molar-refractivity contribution in [1.82, 2.24) is 15.5 Å². The zero-order valence-corrected chi connectivity index (χ0v) is 17.3. The predicted molar refractivity (Wildman–Crippen MR) is 105 cm³/mol. The minimum atomic E-state index is -2.25. The van der Waals surface area contributed by atoms with E-state index in [1.165, 1.54) is 26.4 Å². The van der Waals surface area contributed by atoms with E-state index in [1.54, 1.807) is 0 Å². The van der Waals surface area contributed by atoms with Crippen LogP contribution in [-0.2, 0) is 23.8 Å². The van der Waals surface area contributed by atoms with Crippen LogP contribution >= 0.6 is 0 Å². The molecule has 1 saturated heterocycles. The third-order valence-electron chi connectivity index (χ3n) is 4.95. The van der Waals surface area contributed by atoms with Crippen LogP contribution in [0.5, 0.6) is 0 Å². The van der Waals surface area contributed by atoms with Crippen LogP contribution in [0.25, 0.3) is 0 Å². The van der Waals surface area contributed by atoms with Crippen molar-refractivity contribution in [2.24, 2.45) is 5.73 Å². The summed E-state index contributed by atoms with van der Waals surface area (Å²) in [6.07, 6.45) is 2.81. The fraction of sp³-hybridized carbons (Fsp3) is 0.684. The van der Waals surface area contributed by atoms with Gasteiger partial charge in [0.2, 0.25) is 18.1 Å². The number of aliphatic hydroxyl groups is 1. The highest BCUT2D eigenvalue weighted by molar-refractivity contribution is 5.99. The van der Waals surface area contributed by atoms with Gasteiger partial charge in [0.1, 0.15) is 18.8 Å². The first-order chi connectivity index (χ1) is 14.4. The number of methoxy groups -OCH3 is 2. The summed E-state index contributed by atoms with van der Waals surface area (Å²) in [4.78, 5) is 25.0. The molecule has 0 aliphatic carbocycles. The number of nitrogens with zero attached hydrogens (tertiary/aromatic N) is 1. The lowest BCUT2D eigenvalue weighted by molar-refractivity contribution is -0.168. The molecule has 2 rings (SSSR count). The Morgan fingerprint density at radius 2 is 2.27 bits per heavy atom. The molecule has 2 aliphatic heterocycles. The van der Waals surface area contributed by atoms with Crippen molar-refractivity contribution in [1.29, 1.82) is 0 Å². The molecular formula is C19H31FN4O6. The lowest BCUT2D eigenvalue weighted by atomic mass is 10.0. The molecule has 1 fully saturated rings. The van der Waals surface area contributed by atoms with Gasteiger partial charge in [-0.3, -0.25) is 14.5 Å². The van der Waals surface area contributed by atoms with E-state index < -0.39 is 36.9 Å². The fourth-order valence-corrected chi connectivity index (χ4v) is 3.39. The van der Waals surface area contributed by atoms with Gasteiger partial charge in [-0.2, -0.15) is 0 Å². The number of halogens is 1. The van der Waals surface area contributed by atoms with Gasteiger partial charge in [-0.1, -0.05) is 6.42 Å². The number of nitrogens with two attached hydrogens (primary N) is 1. The summed E-state index contributed by atoms with van der Waals surface area (Å²) in [5, 5.41) is 15.2. The van der Waals surface area contributed by atoms with Gasteiger partial charge in [0.25, 0.3) is 5.91 Å². The number of aliphatic hydroxyl groups excluding tert-OH is 1. The summed E-state index contributed by atoms with van der Waals surface area (Å²) >= 11 is 0. The van der Waals surface area contributed by atoms with Gasteiger partial charge >= 0.3 is 0 Å². The molecule has 0 spiro atoms. The van der Waals surface area contributed by atoms with Crippen molar-refractivity contribution in [3.05, 3.63) is 23.9 Å². The molecule has 11 heteroatoms. The maximum Gasteiger partial charge on any atom is 0.256 e. The van der Waals surface area contributed by atoms with E-state index in [0.29, 0.717) is 13.1 Å². The highest BCUT2D eigenvalue weighted by Crippen LogP contribution is 2.36. The molecule has 10 nitrogen and oxygen atoms in total. The summed E-state index contributed by atoms with van der Waals surface area (Å²) in [7, 11) is 2.78. The summed E-state index contributed by atoms with van der Waals surface area (Å²) in [5.74, 6) is -3.28. The molecule has 5 N–H and O–H groups in total. The Kier molecular flexibility index (Phi) is 9.18. The topological polar surface area (TPSA) is 135 Å². The summed E-state index contributed by atoms with van der Waals surface area (Å²) < 4.78 is 31.5. The summed E-state index contributed by atoms with van der Waals surface area (Å²) in [5.41, 5.74) is 5.42. The number of rotatable bonds is 11. The summed E-state index contributed by atoms with van der Waals surface area (Å²) in [6, 6.07) is 0. The first-order valence-corrected chi connectivity index (χ1v) is 9.84. The number of alkyl halides is 1. The number of nitrogens with one attached hydrogen (secondary N) is 2.